The third kappa shape index (κ3) is 3.36. The van der Waals surface area contributed by atoms with Gasteiger partial charge in [0.2, 0.25) is 0 Å². The van der Waals surface area contributed by atoms with Crippen molar-refractivity contribution in [1.29, 1.82) is 0 Å². The highest BCUT2D eigenvalue weighted by Crippen LogP contribution is 2.20. The molecule has 0 saturated heterocycles. The molecule has 0 aliphatic carbocycles. The van der Waals surface area contributed by atoms with Gasteiger partial charge in [-0.05, 0) is 23.8 Å². The maximum absolute atomic E-state index is 14.0. The highest BCUT2D eigenvalue weighted by Gasteiger charge is 2.20. The summed E-state index contributed by atoms with van der Waals surface area (Å²) in [6.45, 7) is 0.484. The molecule has 0 atom stereocenters. The van der Waals surface area contributed by atoms with Crippen molar-refractivity contribution in [2.45, 2.75) is 13.1 Å². The molecule has 3 heterocycles. The van der Waals surface area contributed by atoms with Crippen LogP contribution in [-0.4, -0.2) is 28.7 Å². The number of halogens is 1. The van der Waals surface area contributed by atoms with E-state index in [0.29, 0.717) is 12.2 Å². The highest BCUT2D eigenvalue weighted by atomic mass is 19.1. The summed E-state index contributed by atoms with van der Waals surface area (Å²) >= 11 is 0. The van der Waals surface area contributed by atoms with Crippen molar-refractivity contribution >= 4 is 21.8 Å². The van der Waals surface area contributed by atoms with Crippen LogP contribution in [0.25, 0.3) is 21.8 Å². The monoisotopic (exact) mass is 446 g/mol. The number of rotatable bonds is 4. The molecule has 0 spiro atoms. The molecule has 0 bridgehead atoms. The molecule has 0 saturated carbocycles. The minimum atomic E-state index is -0.606. The SMILES string of the molecule is Cn1c(=O)c2c3cc(F)ccc3c(=O)n(Cc3cn(Cc4ccccc4)nn3)c2n(C)c1=O. The summed E-state index contributed by atoms with van der Waals surface area (Å²) in [5, 5.41) is 8.72. The van der Waals surface area contributed by atoms with Gasteiger partial charge in [-0.3, -0.25) is 23.3 Å². The summed E-state index contributed by atoms with van der Waals surface area (Å²) in [6.07, 6.45) is 1.71. The lowest BCUT2D eigenvalue weighted by Gasteiger charge is -2.15. The Labute approximate surface area is 185 Å². The zero-order valence-electron chi connectivity index (χ0n) is 17.9. The molecule has 5 aromatic rings. The van der Waals surface area contributed by atoms with Crippen molar-refractivity contribution in [3.8, 4) is 0 Å². The Balaban J connectivity index is 1.72. The molecule has 0 radical (unpaired) electrons. The minimum Gasteiger partial charge on any atom is -0.287 e. The van der Waals surface area contributed by atoms with Crippen LogP contribution < -0.4 is 16.8 Å². The van der Waals surface area contributed by atoms with E-state index < -0.39 is 22.6 Å². The summed E-state index contributed by atoms with van der Waals surface area (Å²) in [5.74, 6) is -0.583. The van der Waals surface area contributed by atoms with Gasteiger partial charge in [0.05, 0.1) is 24.7 Å². The summed E-state index contributed by atoms with van der Waals surface area (Å²) in [4.78, 5) is 39.0. The quantitative estimate of drug-likeness (QED) is 0.389. The average molecular weight is 446 g/mol. The molecule has 0 amide bonds. The molecular weight excluding hydrogens is 427 g/mol. The Morgan fingerprint density at radius 3 is 2.39 bits per heavy atom. The lowest BCUT2D eigenvalue weighted by atomic mass is 10.1. The number of pyridine rings is 1. The lowest BCUT2D eigenvalue weighted by molar-refractivity contribution is 0.629. The number of aromatic nitrogens is 6. The van der Waals surface area contributed by atoms with Crippen LogP contribution >= 0.6 is 0 Å². The van der Waals surface area contributed by atoms with E-state index in [1.54, 1.807) is 10.9 Å². The standard InChI is InChI=1S/C23H19FN6O3/c1-27-20-19(22(32)28(2)23(27)33)18-10-15(24)8-9-17(18)21(31)30(20)13-16-12-29(26-25-16)11-14-6-4-3-5-7-14/h3-10,12H,11,13H2,1-2H3. The minimum absolute atomic E-state index is 0.0160. The van der Waals surface area contributed by atoms with Crippen molar-refractivity contribution in [1.82, 2.24) is 28.7 Å². The molecule has 5 rings (SSSR count). The molecule has 0 aliphatic rings. The van der Waals surface area contributed by atoms with Crippen LogP contribution in [-0.2, 0) is 27.2 Å². The summed E-state index contributed by atoms with van der Waals surface area (Å²) in [5.41, 5.74) is -0.0457. The van der Waals surface area contributed by atoms with E-state index in [4.69, 9.17) is 0 Å². The fourth-order valence-electron chi connectivity index (χ4n) is 4.10. The third-order valence-electron chi connectivity index (χ3n) is 5.71. The molecule has 2 aromatic carbocycles. The number of hydrogen-bond acceptors (Lipinski definition) is 5. The van der Waals surface area contributed by atoms with E-state index in [0.717, 1.165) is 16.2 Å². The van der Waals surface area contributed by atoms with E-state index in [1.165, 1.54) is 35.4 Å². The van der Waals surface area contributed by atoms with E-state index in [2.05, 4.69) is 10.3 Å². The second kappa shape index (κ2) is 7.66. The van der Waals surface area contributed by atoms with Crippen molar-refractivity contribution in [2.75, 3.05) is 0 Å². The fourth-order valence-corrected chi connectivity index (χ4v) is 4.10. The predicted octanol–water partition coefficient (Wildman–Crippen LogP) is 1.38. The average Bonchev–Trinajstić information content (AvgIpc) is 3.25. The molecule has 9 nitrogen and oxygen atoms in total. The van der Waals surface area contributed by atoms with Crippen molar-refractivity contribution in [3.05, 3.63) is 103 Å². The van der Waals surface area contributed by atoms with Crippen LogP contribution in [0.1, 0.15) is 11.3 Å². The molecule has 10 heteroatoms. The summed E-state index contributed by atoms with van der Waals surface area (Å²) < 4.78 is 19.2. The van der Waals surface area contributed by atoms with Gasteiger partial charge in [0.15, 0.2) is 0 Å². The van der Waals surface area contributed by atoms with E-state index >= 15 is 0 Å². The van der Waals surface area contributed by atoms with Gasteiger partial charge in [-0.15, -0.1) is 5.10 Å². The van der Waals surface area contributed by atoms with Crippen molar-refractivity contribution < 1.29 is 4.39 Å². The van der Waals surface area contributed by atoms with Crippen molar-refractivity contribution in [2.24, 2.45) is 14.1 Å². The number of hydrogen-bond donors (Lipinski definition) is 0. The first-order chi connectivity index (χ1) is 15.8. The molecule has 0 unspecified atom stereocenters. The lowest BCUT2D eigenvalue weighted by Crippen LogP contribution is -2.40. The van der Waals surface area contributed by atoms with Gasteiger partial charge in [-0.1, -0.05) is 35.5 Å². The van der Waals surface area contributed by atoms with Gasteiger partial charge in [0.1, 0.15) is 17.2 Å². The van der Waals surface area contributed by atoms with Gasteiger partial charge >= 0.3 is 5.69 Å². The van der Waals surface area contributed by atoms with Gasteiger partial charge in [0.25, 0.3) is 11.1 Å². The Morgan fingerprint density at radius 1 is 0.879 bits per heavy atom. The summed E-state index contributed by atoms with van der Waals surface area (Å²) in [7, 11) is 2.82. The number of benzene rings is 2. The largest absolute Gasteiger partial charge is 0.332 e. The van der Waals surface area contributed by atoms with Crippen LogP contribution in [0.5, 0.6) is 0 Å². The zero-order chi connectivity index (χ0) is 23.3. The Morgan fingerprint density at radius 2 is 1.64 bits per heavy atom. The molecule has 166 valence electrons. The van der Waals surface area contributed by atoms with Gasteiger partial charge in [0, 0.05) is 24.9 Å². The van der Waals surface area contributed by atoms with Gasteiger partial charge in [-0.2, -0.15) is 0 Å². The summed E-state index contributed by atoms with van der Waals surface area (Å²) in [6, 6.07) is 13.4. The van der Waals surface area contributed by atoms with E-state index in [9.17, 15) is 18.8 Å². The van der Waals surface area contributed by atoms with Crippen molar-refractivity contribution in [3.63, 3.8) is 0 Å². The molecular formula is C23H19FN6O3. The topological polar surface area (TPSA) is 96.7 Å². The van der Waals surface area contributed by atoms with Gasteiger partial charge < -0.3 is 0 Å². The molecule has 0 fully saturated rings. The number of aryl methyl sites for hydroxylation is 1. The van der Waals surface area contributed by atoms with Crippen LogP contribution in [0.4, 0.5) is 4.39 Å². The van der Waals surface area contributed by atoms with Crippen LogP contribution in [0.3, 0.4) is 0 Å². The Hall–Kier alpha value is -4.34. The number of fused-ring (bicyclic) bond motifs is 3. The highest BCUT2D eigenvalue weighted by molar-refractivity contribution is 6.04. The third-order valence-corrected chi connectivity index (χ3v) is 5.71. The Kier molecular flexibility index (Phi) is 4.77. The normalized spacial score (nSPS) is 11.5. The molecule has 33 heavy (non-hydrogen) atoms. The fraction of sp³-hybridized carbons (Fsp3) is 0.174. The van der Waals surface area contributed by atoms with Crippen LogP contribution in [0.2, 0.25) is 0 Å². The van der Waals surface area contributed by atoms with E-state index in [1.807, 2.05) is 30.3 Å². The maximum atomic E-state index is 14.0. The maximum Gasteiger partial charge on any atom is 0.332 e. The molecule has 0 N–H and O–H groups in total. The second-order valence-corrected chi connectivity index (χ2v) is 7.88. The first kappa shape index (κ1) is 20.6. The predicted molar refractivity (Wildman–Crippen MR) is 121 cm³/mol. The van der Waals surface area contributed by atoms with Gasteiger partial charge in [-0.25, -0.2) is 13.9 Å². The zero-order valence-corrected chi connectivity index (χ0v) is 17.9. The smallest absolute Gasteiger partial charge is 0.287 e. The van der Waals surface area contributed by atoms with Crippen LogP contribution in [0, 0.1) is 5.82 Å². The first-order valence-corrected chi connectivity index (χ1v) is 10.2. The first-order valence-electron chi connectivity index (χ1n) is 10.2. The van der Waals surface area contributed by atoms with Crippen LogP contribution in [0.15, 0.2) is 69.1 Å². The second-order valence-electron chi connectivity index (χ2n) is 7.88. The Bertz CT molecular complexity index is 1710. The van der Waals surface area contributed by atoms with E-state index in [-0.39, 0.29) is 28.4 Å². The number of nitrogens with zero attached hydrogens (tertiary/aromatic N) is 6. The molecule has 3 aromatic heterocycles. The molecule has 0 aliphatic heterocycles.